The Balaban J connectivity index is 1.58. The predicted molar refractivity (Wildman–Crippen MR) is 156 cm³/mol. The van der Waals surface area contributed by atoms with E-state index in [1.165, 1.54) is 54.3 Å². The van der Waals surface area contributed by atoms with Crippen LogP contribution in [0.15, 0.2) is 133 Å². The number of hydrogen-bond acceptors (Lipinski definition) is 1. The molecule has 0 heterocycles. The summed E-state index contributed by atoms with van der Waals surface area (Å²) in [5.41, 5.74) is 4.75. The number of aryl methyl sites for hydroxylation is 1. The first-order chi connectivity index (χ1) is 17.8. The summed E-state index contributed by atoms with van der Waals surface area (Å²) < 4.78 is 0. The molecule has 0 atom stereocenters. The van der Waals surface area contributed by atoms with Gasteiger partial charge in [-0.2, -0.15) is 0 Å². The largest absolute Gasteiger partial charge is 0.310 e. The lowest BCUT2D eigenvalue weighted by Crippen LogP contribution is -2.11. The Morgan fingerprint density at radius 2 is 0.972 bits per heavy atom. The van der Waals surface area contributed by atoms with E-state index in [9.17, 15) is 0 Å². The molecule has 0 aliphatic heterocycles. The molecule has 0 unspecified atom stereocenters. The van der Waals surface area contributed by atoms with E-state index in [1.54, 1.807) is 0 Å². The average molecular weight is 460 g/mol. The van der Waals surface area contributed by atoms with Crippen LogP contribution in [0.25, 0.3) is 43.1 Å². The first kappa shape index (κ1) is 20.7. The third kappa shape index (κ3) is 3.32. The number of anilines is 3. The first-order valence-electron chi connectivity index (χ1n) is 12.5. The third-order valence-electron chi connectivity index (χ3n) is 7.24. The van der Waals surface area contributed by atoms with E-state index in [0.717, 1.165) is 11.4 Å². The molecule has 1 nitrogen and oxygen atoms in total. The summed E-state index contributed by atoms with van der Waals surface area (Å²) in [5, 5.41) is 10.1. The van der Waals surface area contributed by atoms with Crippen molar-refractivity contribution < 1.29 is 0 Å². The highest BCUT2D eigenvalue weighted by molar-refractivity contribution is 6.15. The molecular weight excluding hydrogens is 434 g/mol. The molecule has 0 aliphatic carbocycles. The van der Waals surface area contributed by atoms with Gasteiger partial charge in [-0.05, 0) is 80.5 Å². The van der Waals surface area contributed by atoms with Crippen molar-refractivity contribution in [2.24, 2.45) is 0 Å². The van der Waals surface area contributed by atoms with Crippen molar-refractivity contribution in [2.75, 3.05) is 4.90 Å². The average Bonchev–Trinajstić information content (AvgIpc) is 2.93. The molecular formula is C35H25N. The normalized spacial score (nSPS) is 11.5. The Morgan fingerprint density at radius 3 is 1.75 bits per heavy atom. The summed E-state index contributed by atoms with van der Waals surface area (Å²) in [6, 6.07) is 48.5. The van der Waals surface area contributed by atoms with Crippen LogP contribution in [-0.2, 0) is 0 Å². The number of benzene rings is 7. The van der Waals surface area contributed by atoms with Crippen molar-refractivity contribution in [1.29, 1.82) is 0 Å². The molecule has 0 saturated carbocycles. The fraction of sp³-hybridized carbons (Fsp3) is 0.0286. The quantitative estimate of drug-likeness (QED) is 0.238. The molecule has 36 heavy (non-hydrogen) atoms. The predicted octanol–water partition coefficient (Wildman–Crippen LogP) is 10.1. The zero-order valence-corrected chi connectivity index (χ0v) is 20.1. The molecule has 0 fully saturated rings. The van der Waals surface area contributed by atoms with Gasteiger partial charge in [-0.25, -0.2) is 0 Å². The Hall–Kier alpha value is -4.62. The number of nitrogens with zero attached hydrogens (tertiary/aromatic N) is 1. The second kappa shape index (κ2) is 8.25. The van der Waals surface area contributed by atoms with Gasteiger partial charge < -0.3 is 4.90 Å². The zero-order valence-electron chi connectivity index (χ0n) is 20.1. The molecule has 170 valence electrons. The molecule has 0 spiro atoms. The highest BCUT2D eigenvalue weighted by Gasteiger charge is 2.18. The summed E-state index contributed by atoms with van der Waals surface area (Å²) in [4.78, 5) is 2.42. The van der Waals surface area contributed by atoms with E-state index < -0.39 is 0 Å². The van der Waals surface area contributed by atoms with Crippen molar-refractivity contribution in [3.63, 3.8) is 0 Å². The molecule has 7 aromatic rings. The summed E-state index contributed by atoms with van der Waals surface area (Å²) in [7, 11) is 0. The highest BCUT2D eigenvalue weighted by Crippen LogP contribution is 2.43. The van der Waals surface area contributed by atoms with Gasteiger partial charge in [0.1, 0.15) is 0 Å². The monoisotopic (exact) mass is 459 g/mol. The van der Waals surface area contributed by atoms with Gasteiger partial charge in [-0.15, -0.1) is 0 Å². The summed E-state index contributed by atoms with van der Waals surface area (Å²) in [6.45, 7) is 2.16. The van der Waals surface area contributed by atoms with Gasteiger partial charge in [-0.3, -0.25) is 0 Å². The molecule has 0 bridgehead atoms. The minimum Gasteiger partial charge on any atom is -0.310 e. The van der Waals surface area contributed by atoms with Gasteiger partial charge in [-0.1, -0.05) is 103 Å². The van der Waals surface area contributed by atoms with Crippen molar-refractivity contribution in [2.45, 2.75) is 6.92 Å². The van der Waals surface area contributed by atoms with Gasteiger partial charge in [0.15, 0.2) is 0 Å². The Labute approximate surface area is 210 Å². The van der Waals surface area contributed by atoms with Gasteiger partial charge in [0.25, 0.3) is 0 Å². The molecule has 0 radical (unpaired) electrons. The fourth-order valence-corrected chi connectivity index (χ4v) is 5.54. The first-order valence-corrected chi connectivity index (χ1v) is 12.5. The van der Waals surface area contributed by atoms with Gasteiger partial charge in [0.05, 0.1) is 5.69 Å². The lowest BCUT2D eigenvalue weighted by Gasteiger charge is -2.28. The number of hydrogen-bond donors (Lipinski definition) is 0. The van der Waals surface area contributed by atoms with Crippen LogP contribution in [-0.4, -0.2) is 0 Å². The Morgan fingerprint density at radius 1 is 0.389 bits per heavy atom. The zero-order chi connectivity index (χ0) is 24.1. The van der Waals surface area contributed by atoms with Crippen LogP contribution in [0.3, 0.4) is 0 Å². The van der Waals surface area contributed by atoms with Gasteiger partial charge in [0.2, 0.25) is 0 Å². The minimum absolute atomic E-state index is 1.16. The molecule has 0 amide bonds. The van der Waals surface area contributed by atoms with Gasteiger partial charge in [0, 0.05) is 16.8 Å². The molecule has 0 aromatic heterocycles. The summed E-state index contributed by atoms with van der Waals surface area (Å²) >= 11 is 0. The Bertz CT molecular complexity index is 1910. The minimum atomic E-state index is 1.16. The fourth-order valence-electron chi connectivity index (χ4n) is 5.54. The maximum Gasteiger partial charge on any atom is 0.0546 e. The van der Waals surface area contributed by atoms with Crippen molar-refractivity contribution in [3.05, 3.63) is 139 Å². The smallest absolute Gasteiger partial charge is 0.0546 e. The van der Waals surface area contributed by atoms with E-state index in [1.807, 2.05) is 0 Å². The molecule has 0 aliphatic rings. The van der Waals surface area contributed by atoms with Crippen molar-refractivity contribution in [1.82, 2.24) is 0 Å². The van der Waals surface area contributed by atoms with E-state index in [0.29, 0.717) is 0 Å². The molecule has 0 N–H and O–H groups in total. The summed E-state index contributed by atoms with van der Waals surface area (Å²) in [5.74, 6) is 0. The Kier molecular flexibility index (Phi) is 4.75. The number of fused-ring (bicyclic) bond motifs is 6. The molecule has 7 aromatic carbocycles. The topological polar surface area (TPSA) is 3.24 Å². The molecule has 0 saturated heterocycles. The van der Waals surface area contributed by atoms with E-state index in [2.05, 4.69) is 145 Å². The lowest BCUT2D eigenvalue weighted by atomic mass is 9.98. The van der Waals surface area contributed by atoms with Crippen molar-refractivity contribution in [3.8, 4) is 0 Å². The maximum atomic E-state index is 2.42. The van der Waals surface area contributed by atoms with E-state index in [-0.39, 0.29) is 0 Å². The molecule has 7 rings (SSSR count). The van der Waals surface area contributed by atoms with E-state index in [4.69, 9.17) is 0 Å². The van der Waals surface area contributed by atoms with Crippen LogP contribution >= 0.6 is 0 Å². The second-order valence-electron chi connectivity index (χ2n) is 9.53. The highest BCUT2D eigenvalue weighted by atomic mass is 15.1. The van der Waals surface area contributed by atoms with Crippen LogP contribution in [0.2, 0.25) is 0 Å². The molecule has 1 heteroatoms. The van der Waals surface area contributed by atoms with Crippen LogP contribution in [0.4, 0.5) is 17.1 Å². The lowest BCUT2D eigenvalue weighted by molar-refractivity contribution is 1.29. The second-order valence-corrected chi connectivity index (χ2v) is 9.53. The maximum absolute atomic E-state index is 2.42. The van der Waals surface area contributed by atoms with E-state index >= 15 is 0 Å². The summed E-state index contributed by atoms with van der Waals surface area (Å²) in [6.07, 6.45) is 0. The van der Waals surface area contributed by atoms with Gasteiger partial charge >= 0.3 is 0 Å². The standard InChI is InChI=1S/C35H25N/c1-24-9-8-12-28(21-24)36(29-20-19-26-18-17-25-10-2-4-13-30(25)34(26)23-29)35-22-27-11-3-5-14-31(27)32-15-6-7-16-33(32)35/h2-23H,1H3. The van der Waals surface area contributed by atoms with Crippen LogP contribution < -0.4 is 4.90 Å². The van der Waals surface area contributed by atoms with Crippen LogP contribution in [0, 0.1) is 6.92 Å². The van der Waals surface area contributed by atoms with Crippen LogP contribution in [0.1, 0.15) is 5.56 Å². The third-order valence-corrected chi connectivity index (χ3v) is 7.24. The number of rotatable bonds is 3. The van der Waals surface area contributed by atoms with Crippen LogP contribution in [0.5, 0.6) is 0 Å². The SMILES string of the molecule is Cc1cccc(N(c2ccc3ccc4ccccc4c3c2)c2cc3ccccc3c3ccccc23)c1. The van der Waals surface area contributed by atoms with Crippen molar-refractivity contribution >= 4 is 60.2 Å².